The number of hydrogen-bond acceptors (Lipinski definition) is 5. The van der Waals surface area contributed by atoms with Crippen LogP contribution in [-0.2, 0) is 4.79 Å². The number of carbonyl (C=O) groups excluding carboxylic acids is 2. The lowest BCUT2D eigenvalue weighted by Crippen LogP contribution is -2.37. The predicted octanol–water partition coefficient (Wildman–Crippen LogP) is 5.06. The first-order chi connectivity index (χ1) is 15.7. The molecule has 0 atom stereocenters. The van der Waals surface area contributed by atoms with E-state index in [1.807, 2.05) is 28.5 Å². The molecule has 0 bridgehead atoms. The number of likely N-dealkylation sites (tertiary alicyclic amines) is 1. The molecular formula is C25H32N4O2S. The molecule has 2 fully saturated rings. The van der Waals surface area contributed by atoms with Crippen LogP contribution in [0.25, 0.3) is 0 Å². The van der Waals surface area contributed by atoms with Crippen molar-refractivity contribution < 1.29 is 9.59 Å². The Kier molecular flexibility index (Phi) is 7.58. The number of aromatic nitrogens is 1. The molecule has 2 aliphatic heterocycles. The molecule has 2 amide bonds. The van der Waals surface area contributed by atoms with Gasteiger partial charge < -0.3 is 15.1 Å². The van der Waals surface area contributed by atoms with Crippen molar-refractivity contribution in [2.45, 2.75) is 50.9 Å². The summed E-state index contributed by atoms with van der Waals surface area (Å²) in [6.45, 7) is 7.26. The fourth-order valence-electron chi connectivity index (χ4n) is 4.52. The van der Waals surface area contributed by atoms with Gasteiger partial charge in [0.25, 0.3) is 5.91 Å². The van der Waals surface area contributed by atoms with Gasteiger partial charge in [-0.15, -0.1) is 17.9 Å². The molecule has 1 N–H and O–H groups in total. The summed E-state index contributed by atoms with van der Waals surface area (Å²) in [6, 6.07) is 8.03. The molecule has 4 rings (SSSR count). The molecule has 0 radical (unpaired) electrons. The van der Waals surface area contributed by atoms with E-state index in [0.29, 0.717) is 18.0 Å². The minimum Gasteiger partial charge on any atom is -0.370 e. The number of nitrogens with zero attached hydrogens (tertiary/aromatic N) is 3. The van der Waals surface area contributed by atoms with Gasteiger partial charge in [-0.3, -0.25) is 9.59 Å². The molecule has 0 spiro atoms. The molecule has 2 saturated heterocycles. The fraction of sp³-hybridized carbons (Fsp3) is 0.480. The summed E-state index contributed by atoms with van der Waals surface area (Å²) < 4.78 is 0. The van der Waals surface area contributed by atoms with E-state index in [0.717, 1.165) is 61.8 Å². The first-order valence-corrected chi connectivity index (χ1v) is 12.5. The van der Waals surface area contributed by atoms with Gasteiger partial charge in [-0.1, -0.05) is 18.2 Å². The van der Waals surface area contributed by atoms with Gasteiger partial charge in [0.05, 0.1) is 16.4 Å². The van der Waals surface area contributed by atoms with Gasteiger partial charge in [-0.2, -0.15) is 0 Å². The summed E-state index contributed by atoms with van der Waals surface area (Å²) in [5, 5.41) is 5.94. The normalized spacial score (nSPS) is 17.2. The predicted molar refractivity (Wildman–Crippen MR) is 131 cm³/mol. The van der Waals surface area contributed by atoms with Gasteiger partial charge >= 0.3 is 0 Å². The second kappa shape index (κ2) is 10.8. The number of rotatable bonds is 7. The number of anilines is 2. The summed E-state index contributed by atoms with van der Waals surface area (Å²) in [4.78, 5) is 34.1. The summed E-state index contributed by atoms with van der Waals surface area (Å²) in [5.74, 6) is 0.356. The number of benzene rings is 1. The highest BCUT2D eigenvalue weighted by Crippen LogP contribution is 2.32. The Morgan fingerprint density at radius 2 is 1.88 bits per heavy atom. The molecule has 32 heavy (non-hydrogen) atoms. The van der Waals surface area contributed by atoms with E-state index in [2.05, 4.69) is 27.8 Å². The lowest BCUT2D eigenvalue weighted by molar-refractivity contribution is -0.132. The van der Waals surface area contributed by atoms with Crippen molar-refractivity contribution in [3.05, 3.63) is 53.0 Å². The van der Waals surface area contributed by atoms with Crippen molar-refractivity contribution in [1.29, 1.82) is 0 Å². The molecule has 1 aromatic heterocycles. The van der Waals surface area contributed by atoms with Crippen LogP contribution in [0.1, 0.15) is 66.4 Å². The van der Waals surface area contributed by atoms with Crippen LogP contribution in [0.2, 0.25) is 0 Å². The molecule has 2 aromatic rings. The zero-order chi connectivity index (χ0) is 22.3. The SMILES string of the molecule is C=CCCC(=O)N1CCC(c2nc(C(=O)Nc3ccccc3N3CCCCC3)cs2)CC1. The maximum atomic E-state index is 12.9. The summed E-state index contributed by atoms with van der Waals surface area (Å²) >= 11 is 1.55. The molecular weight excluding hydrogens is 420 g/mol. The minimum absolute atomic E-state index is 0.158. The third kappa shape index (κ3) is 5.38. The Morgan fingerprint density at radius 3 is 2.62 bits per heavy atom. The Bertz CT molecular complexity index is 943. The van der Waals surface area contributed by atoms with Crippen LogP contribution in [0.3, 0.4) is 0 Å². The van der Waals surface area contributed by atoms with E-state index in [-0.39, 0.29) is 11.8 Å². The van der Waals surface area contributed by atoms with Crippen molar-refractivity contribution >= 4 is 34.5 Å². The summed E-state index contributed by atoms with van der Waals surface area (Å²) in [7, 11) is 0. The third-order valence-corrected chi connectivity index (χ3v) is 7.37. The smallest absolute Gasteiger partial charge is 0.275 e. The zero-order valence-corrected chi connectivity index (χ0v) is 19.4. The monoisotopic (exact) mass is 452 g/mol. The Morgan fingerprint density at radius 1 is 1.12 bits per heavy atom. The van der Waals surface area contributed by atoms with Crippen molar-refractivity contribution in [3.8, 4) is 0 Å². The van der Waals surface area contributed by atoms with E-state index in [9.17, 15) is 9.59 Å². The molecule has 3 heterocycles. The minimum atomic E-state index is -0.158. The number of thiazole rings is 1. The van der Waals surface area contributed by atoms with Crippen LogP contribution in [0, 0.1) is 0 Å². The first kappa shape index (κ1) is 22.5. The Hall–Kier alpha value is -2.67. The Labute approximate surface area is 194 Å². The molecule has 2 aliphatic rings. The number of allylic oxidation sites excluding steroid dienone is 1. The average molecular weight is 453 g/mol. The molecule has 1 aromatic carbocycles. The number of para-hydroxylation sites is 2. The van der Waals surface area contributed by atoms with E-state index in [1.165, 1.54) is 19.3 Å². The van der Waals surface area contributed by atoms with Gasteiger partial charge in [-0.25, -0.2) is 4.98 Å². The van der Waals surface area contributed by atoms with Gasteiger partial charge in [-0.05, 0) is 50.7 Å². The van der Waals surface area contributed by atoms with Crippen molar-refractivity contribution in [2.24, 2.45) is 0 Å². The van der Waals surface area contributed by atoms with Crippen molar-refractivity contribution in [3.63, 3.8) is 0 Å². The zero-order valence-electron chi connectivity index (χ0n) is 18.6. The highest BCUT2D eigenvalue weighted by atomic mass is 32.1. The molecule has 170 valence electrons. The van der Waals surface area contributed by atoms with E-state index < -0.39 is 0 Å². The van der Waals surface area contributed by atoms with Crippen LogP contribution in [0.15, 0.2) is 42.3 Å². The topological polar surface area (TPSA) is 65.5 Å². The van der Waals surface area contributed by atoms with Crippen LogP contribution >= 0.6 is 11.3 Å². The van der Waals surface area contributed by atoms with E-state index in [1.54, 1.807) is 17.4 Å². The summed E-state index contributed by atoms with van der Waals surface area (Å²) in [6.07, 6.45) is 8.50. The average Bonchev–Trinajstić information content (AvgIpc) is 3.34. The number of carbonyl (C=O) groups is 2. The Balaban J connectivity index is 1.36. The van der Waals surface area contributed by atoms with Gasteiger partial charge in [0.2, 0.25) is 5.91 Å². The second-order valence-corrected chi connectivity index (χ2v) is 9.46. The van der Waals surface area contributed by atoms with Crippen LogP contribution in [0.5, 0.6) is 0 Å². The highest BCUT2D eigenvalue weighted by Gasteiger charge is 2.26. The van der Waals surface area contributed by atoms with Gasteiger partial charge in [0.1, 0.15) is 5.69 Å². The second-order valence-electron chi connectivity index (χ2n) is 8.57. The maximum Gasteiger partial charge on any atom is 0.275 e. The summed E-state index contributed by atoms with van der Waals surface area (Å²) in [5.41, 5.74) is 2.41. The highest BCUT2D eigenvalue weighted by molar-refractivity contribution is 7.10. The molecule has 6 nitrogen and oxygen atoms in total. The molecule has 0 unspecified atom stereocenters. The first-order valence-electron chi connectivity index (χ1n) is 11.6. The molecule has 0 aliphatic carbocycles. The lowest BCUT2D eigenvalue weighted by Gasteiger charge is -2.31. The van der Waals surface area contributed by atoms with Crippen molar-refractivity contribution in [2.75, 3.05) is 36.4 Å². The quantitative estimate of drug-likeness (QED) is 0.597. The largest absolute Gasteiger partial charge is 0.370 e. The van der Waals surface area contributed by atoms with Crippen LogP contribution in [-0.4, -0.2) is 47.9 Å². The van der Waals surface area contributed by atoms with Gasteiger partial charge in [0, 0.05) is 43.9 Å². The standard InChI is InChI=1S/C25H32N4O2S/c1-2-3-11-23(30)29-16-12-19(13-17-29)25-27-21(18-32-25)24(31)26-20-9-5-6-10-22(20)28-14-7-4-8-15-28/h2,5-6,9-10,18-19H,1,3-4,7-8,11-17H2,(H,26,31). The van der Waals surface area contributed by atoms with E-state index >= 15 is 0 Å². The third-order valence-electron chi connectivity index (χ3n) is 6.36. The van der Waals surface area contributed by atoms with Crippen molar-refractivity contribution in [1.82, 2.24) is 9.88 Å². The number of nitrogens with one attached hydrogen (secondary N) is 1. The van der Waals surface area contributed by atoms with Gasteiger partial charge in [0.15, 0.2) is 0 Å². The number of piperidine rings is 2. The number of hydrogen-bond donors (Lipinski definition) is 1. The number of amides is 2. The van der Waals surface area contributed by atoms with E-state index in [4.69, 9.17) is 0 Å². The molecule has 0 saturated carbocycles. The fourth-order valence-corrected chi connectivity index (χ4v) is 5.49. The molecule has 7 heteroatoms. The van der Waals surface area contributed by atoms with Crippen LogP contribution in [0.4, 0.5) is 11.4 Å². The van der Waals surface area contributed by atoms with Crippen LogP contribution < -0.4 is 10.2 Å². The lowest BCUT2D eigenvalue weighted by atomic mass is 9.97. The maximum absolute atomic E-state index is 12.9.